The van der Waals surface area contributed by atoms with Gasteiger partial charge >= 0.3 is 5.97 Å². The van der Waals surface area contributed by atoms with E-state index in [1.54, 1.807) is 0 Å². The van der Waals surface area contributed by atoms with Crippen molar-refractivity contribution < 1.29 is 18.7 Å². The summed E-state index contributed by atoms with van der Waals surface area (Å²) in [6.07, 6.45) is 0.282. The number of carbonyl (C=O) groups excluding carboxylic acids is 1. The van der Waals surface area contributed by atoms with Crippen LogP contribution in [0, 0.1) is 10.7 Å². The van der Waals surface area contributed by atoms with Gasteiger partial charge in [0.25, 0.3) is 0 Å². The fourth-order valence-corrected chi connectivity index (χ4v) is 2.60. The Labute approximate surface area is 131 Å². The van der Waals surface area contributed by atoms with Crippen molar-refractivity contribution in [3.05, 3.63) is 33.4 Å². The van der Waals surface area contributed by atoms with Gasteiger partial charge in [-0.2, -0.15) is 4.91 Å². The molecule has 0 aliphatic carbocycles. The lowest BCUT2D eigenvalue weighted by Crippen LogP contribution is -2.28. The summed E-state index contributed by atoms with van der Waals surface area (Å²) in [4.78, 5) is 26.7. The molecule has 2 rings (SSSR count). The molecule has 0 saturated heterocycles. The van der Waals surface area contributed by atoms with E-state index in [1.807, 2.05) is 0 Å². The van der Waals surface area contributed by atoms with Crippen molar-refractivity contribution in [2.75, 3.05) is 14.2 Å². The normalized spacial score (nSPS) is 21.0. The average Bonchev–Trinajstić information content (AvgIpc) is 2.54. The third kappa shape index (κ3) is 3.09. The van der Waals surface area contributed by atoms with Crippen molar-refractivity contribution in [3.63, 3.8) is 0 Å². The van der Waals surface area contributed by atoms with E-state index in [-0.39, 0.29) is 34.9 Å². The van der Waals surface area contributed by atoms with Gasteiger partial charge in [-0.25, -0.2) is 9.18 Å². The fraction of sp³-hybridized carbons (Fsp3) is 0.429. The van der Waals surface area contributed by atoms with Crippen LogP contribution in [0.3, 0.4) is 0 Å². The summed E-state index contributed by atoms with van der Waals surface area (Å²) < 4.78 is 24.0. The molecule has 2 unspecified atom stereocenters. The molecule has 0 N–H and O–H groups in total. The quantitative estimate of drug-likeness (QED) is 0.628. The summed E-state index contributed by atoms with van der Waals surface area (Å²) in [7, 11) is 2.51. The van der Waals surface area contributed by atoms with Gasteiger partial charge in [-0.1, -0.05) is 22.8 Å². The molecular weight excluding hydrogens is 315 g/mol. The van der Waals surface area contributed by atoms with Gasteiger partial charge in [-0.05, 0) is 6.07 Å². The van der Waals surface area contributed by atoms with Crippen LogP contribution in [-0.2, 0) is 9.53 Å². The highest BCUT2D eigenvalue weighted by molar-refractivity contribution is 6.36. The van der Waals surface area contributed by atoms with Gasteiger partial charge in [0, 0.05) is 18.4 Å². The van der Waals surface area contributed by atoms with E-state index in [0.717, 1.165) is 0 Å². The first-order chi connectivity index (χ1) is 10.5. The number of hydrogen-bond acceptors (Lipinski definition) is 6. The molecule has 2 atom stereocenters. The minimum absolute atomic E-state index is 0.0664. The van der Waals surface area contributed by atoms with E-state index < -0.39 is 23.9 Å². The van der Waals surface area contributed by atoms with Crippen molar-refractivity contribution in [1.82, 2.24) is 0 Å². The molecule has 1 heterocycles. The Bertz CT molecular complexity index is 636. The van der Waals surface area contributed by atoms with Gasteiger partial charge in [0.05, 0.1) is 25.3 Å². The Morgan fingerprint density at radius 3 is 2.77 bits per heavy atom. The Morgan fingerprint density at radius 1 is 1.45 bits per heavy atom. The third-order valence-corrected chi connectivity index (χ3v) is 3.75. The molecule has 0 spiro atoms. The number of rotatable bonds is 4. The monoisotopic (exact) mass is 328 g/mol. The van der Waals surface area contributed by atoms with Crippen molar-refractivity contribution in [1.29, 1.82) is 0 Å². The minimum atomic E-state index is -0.725. The second-order valence-corrected chi connectivity index (χ2v) is 5.17. The lowest BCUT2D eigenvalue weighted by atomic mass is 9.93. The molecule has 1 aliphatic heterocycles. The van der Waals surface area contributed by atoms with Gasteiger partial charge < -0.3 is 9.47 Å². The van der Waals surface area contributed by atoms with Crippen molar-refractivity contribution in [2.45, 2.75) is 24.9 Å². The van der Waals surface area contributed by atoms with Gasteiger partial charge in [0.15, 0.2) is 11.6 Å². The van der Waals surface area contributed by atoms with Crippen LogP contribution in [-0.4, -0.2) is 31.9 Å². The number of methoxy groups -OCH3 is 2. The van der Waals surface area contributed by atoms with Crippen LogP contribution >= 0.6 is 11.6 Å². The van der Waals surface area contributed by atoms with Crippen molar-refractivity contribution >= 4 is 23.3 Å². The number of ether oxygens (including phenoxy) is 2. The topological polar surface area (TPSA) is 77.3 Å². The number of esters is 1. The smallest absolute Gasteiger partial charge is 0.352 e. The fourth-order valence-electron chi connectivity index (χ4n) is 2.38. The predicted molar refractivity (Wildman–Crippen MR) is 79.0 cm³/mol. The molecule has 0 radical (unpaired) electrons. The summed E-state index contributed by atoms with van der Waals surface area (Å²) in [5.41, 5.74) is 0.257. The highest BCUT2D eigenvalue weighted by Gasteiger charge is 2.31. The summed E-state index contributed by atoms with van der Waals surface area (Å²) in [6, 6.07) is 1.54. The maximum absolute atomic E-state index is 14.5. The van der Waals surface area contributed by atoms with Gasteiger partial charge in [-0.15, -0.1) is 0 Å². The summed E-state index contributed by atoms with van der Waals surface area (Å²) in [5.74, 6) is -1.42. The van der Waals surface area contributed by atoms with E-state index in [0.29, 0.717) is 0 Å². The van der Waals surface area contributed by atoms with Crippen LogP contribution < -0.4 is 4.74 Å². The van der Waals surface area contributed by atoms with Crippen LogP contribution in [0.5, 0.6) is 5.75 Å². The van der Waals surface area contributed by atoms with Crippen LogP contribution in [0.4, 0.5) is 4.39 Å². The molecule has 118 valence electrons. The van der Waals surface area contributed by atoms with E-state index in [1.165, 1.54) is 26.4 Å². The van der Waals surface area contributed by atoms with Gasteiger partial charge in [0.1, 0.15) is 11.8 Å². The van der Waals surface area contributed by atoms with Crippen LogP contribution in [0.25, 0.3) is 0 Å². The first-order valence-electron chi connectivity index (χ1n) is 6.51. The number of nitrogens with zero attached hydrogens (tertiary/aromatic N) is 2. The van der Waals surface area contributed by atoms with Crippen LogP contribution in [0.1, 0.15) is 24.4 Å². The SMILES string of the molecule is COC(=O)C1=NC(c2ccc(Cl)c(OC)c2F)CC(N=O)C1. The molecule has 0 saturated carbocycles. The first kappa shape index (κ1) is 16.4. The largest absolute Gasteiger partial charge is 0.492 e. The lowest BCUT2D eigenvalue weighted by Gasteiger charge is -2.24. The second kappa shape index (κ2) is 6.83. The molecule has 0 bridgehead atoms. The van der Waals surface area contributed by atoms with Gasteiger partial charge in [0.2, 0.25) is 0 Å². The zero-order valence-corrected chi connectivity index (χ0v) is 12.8. The maximum atomic E-state index is 14.5. The maximum Gasteiger partial charge on any atom is 0.352 e. The number of carbonyl (C=O) groups is 1. The number of halogens is 2. The highest BCUT2D eigenvalue weighted by Crippen LogP contribution is 2.37. The molecule has 1 aliphatic rings. The van der Waals surface area contributed by atoms with E-state index in [4.69, 9.17) is 16.3 Å². The Morgan fingerprint density at radius 2 is 2.18 bits per heavy atom. The van der Waals surface area contributed by atoms with E-state index in [9.17, 15) is 14.1 Å². The zero-order valence-electron chi connectivity index (χ0n) is 12.0. The summed E-state index contributed by atoms with van der Waals surface area (Å²) in [5, 5.41) is 3.09. The molecule has 0 fully saturated rings. The van der Waals surface area contributed by atoms with E-state index >= 15 is 0 Å². The van der Waals surface area contributed by atoms with E-state index in [2.05, 4.69) is 14.9 Å². The molecule has 8 heteroatoms. The summed E-state index contributed by atoms with van der Waals surface area (Å²) in [6.45, 7) is 0. The van der Waals surface area contributed by atoms with Crippen LogP contribution in [0.2, 0.25) is 5.02 Å². The van der Waals surface area contributed by atoms with Gasteiger partial charge in [-0.3, -0.25) is 4.99 Å². The Hall–Kier alpha value is -2.02. The molecular formula is C14H14ClFN2O4. The molecule has 1 aromatic rings. The molecule has 6 nitrogen and oxygen atoms in total. The number of aliphatic imine (C=N–C) groups is 1. The lowest BCUT2D eigenvalue weighted by molar-refractivity contribution is -0.132. The first-order valence-corrected chi connectivity index (χ1v) is 6.89. The predicted octanol–water partition coefficient (Wildman–Crippen LogP) is 3.07. The molecule has 0 aromatic heterocycles. The Balaban J connectivity index is 2.46. The summed E-state index contributed by atoms with van der Waals surface area (Å²) >= 11 is 5.85. The van der Waals surface area contributed by atoms with Crippen molar-refractivity contribution in [3.8, 4) is 5.75 Å². The zero-order chi connectivity index (χ0) is 16.3. The highest BCUT2D eigenvalue weighted by atomic mass is 35.5. The number of benzene rings is 1. The number of hydrogen-bond donors (Lipinski definition) is 0. The standard InChI is InChI=1S/C14H14ClFN2O4/c1-21-13-9(15)4-3-8(12(13)16)10-5-7(18-20)6-11(17-10)14(19)22-2/h3-4,7,10H,5-6H2,1-2H3. The minimum Gasteiger partial charge on any atom is -0.492 e. The van der Waals surface area contributed by atoms with Crippen LogP contribution in [0.15, 0.2) is 22.3 Å². The Kier molecular flexibility index (Phi) is 5.07. The molecule has 1 aromatic carbocycles. The second-order valence-electron chi connectivity index (χ2n) is 4.77. The molecule has 0 amide bonds. The molecule has 22 heavy (non-hydrogen) atoms. The average molecular weight is 329 g/mol. The third-order valence-electron chi connectivity index (χ3n) is 3.45. The number of nitroso groups, excluding NO2 is 1. The van der Waals surface area contributed by atoms with Crippen molar-refractivity contribution in [2.24, 2.45) is 10.2 Å².